The summed E-state index contributed by atoms with van der Waals surface area (Å²) in [6, 6.07) is 4.88. The summed E-state index contributed by atoms with van der Waals surface area (Å²) in [4.78, 5) is 6.52. The minimum Gasteiger partial charge on any atom is -0.310 e. The van der Waals surface area contributed by atoms with Crippen molar-refractivity contribution in [1.82, 2.24) is 15.2 Å². The standard InChI is InChI=1S/C14H23N3/c1-14(2)10-13(11-16-14)17(3)9-6-12-4-7-15-8-5-12/h4-5,7-8,13,16H,6,9-11H2,1-3H3. The van der Waals surface area contributed by atoms with Gasteiger partial charge in [-0.2, -0.15) is 0 Å². The van der Waals surface area contributed by atoms with Crippen LogP contribution in [0.15, 0.2) is 24.5 Å². The van der Waals surface area contributed by atoms with Crippen LogP contribution in [0, 0.1) is 0 Å². The molecular formula is C14H23N3. The topological polar surface area (TPSA) is 28.2 Å². The Balaban J connectivity index is 1.80. The van der Waals surface area contributed by atoms with Crippen molar-refractivity contribution in [3.05, 3.63) is 30.1 Å². The summed E-state index contributed by atoms with van der Waals surface area (Å²) < 4.78 is 0. The van der Waals surface area contributed by atoms with E-state index >= 15 is 0 Å². The highest BCUT2D eigenvalue weighted by molar-refractivity contribution is 5.10. The molecule has 1 N–H and O–H groups in total. The molecule has 2 heterocycles. The highest BCUT2D eigenvalue weighted by Gasteiger charge is 2.32. The lowest BCUT2D eigenvalue weighted by Crippen LogP contribution is -2.34. The van der Waals surface area contributed by atoms with Gasteiger partial charge in [0.2, 0.25) is 0 Å². The Labute approximate surface area is 104 Å². The Morgan fingerprint density at radius 3 is 2.71 bits per heavy atom. The molecule has 0 aliphatic carbocycles. The Bertz CT molecular complexity index is 348. The zero-order valence-electron chi connectivity index (χ0n) is 11.1. The number of likely N-dealkylation sites (N-methyl/N-ethyl adjacent to an activating group) is 1. The van der Waals surface area contributed by atoms with Gasteiger partial charge in [0, 0.05) is 37.1 Å². The summed E-state index contributed by atoms with van der Waals surface area (Å²) in [5.41, 5.74) is 1.67. The third kappa shape index (κ3) is 3.51. The summed E-state index contributed by atoms with van der Waals surface area (Å²) in [6.45, 7) is 6.79. The van der Waals surface area contributed by atoms with Crippen LogP contribution in [-0.4, -0.2) is 41.6 Å². The molecule has 94 valence electrons. The maximum absolute atomic E-state index is 4.05. The molecule has 0 spiro atoms. The first-order chi connectivity index (χ1) is 8.07. The minimum atomic E-state index is 0.301. The van der Waals surface area contributed by atoms with E-state index in [0.717, 1.165) is 19.5 Å². The normalized spacial score (nSPS) is 23.2. The quantitative estimate of drug-likeness (QED) is 0.858. The average Bonchev–Trinajstić information content (AvgIpc) is 2.68. The smallest absolute Gasteiger partial charge is 0.0270 e. The summed E-state index contributed by atoms with van der Waals surface area (Å²) in [7, 11) is 2.23. The van der Waals surface area contributed by atoms with Crippen LogP contribution in [0.3, 0.4) is 0 Å². The first kappa shape index (κ1) is 12.5. The van der Waals surface area contributed by atoms with Gasteiger partial charge in [-0.25, -0.2) is 0 Å². The predicted molar refractivity (Wildman–Crippen MR) is 71.1 cm³/mol. The molecule has 1 atom stereocenters. The molecule has 0 aromatic carbocycles. The summed E-state index contributed by atoms with van der Waals surface area (Å²) in [5.74, 6) is 0. The Morgan fingerprint density at radius 1 is 1.41 bits per heavy atom. The van der Waals surface area contributed by atoms with Crippen molar-refractivity contribution < 1.29 is 0 Å². The van der Waals surface area contributed by atoms with Crippen LogP contribution in [-0.2, 0) is 6.42 Å². The molecule has 2 rings (SSSR count). The SMILES string of the molecule is CN(CCc1ccncc1)C1CNC(C)(C)C1. The van der Waals surface area contributed by atoms with E-state index in [-0.39, 0.29) is 0 Å². The zero-order valence-corrected chi connectivity index (χ0v) is 11.1. The fourth-order valence-electron chi connectivity index (χ4n) is 2.48. The Hall–Kier alpha value is -0.930. The van der Waals surface area contributed by atoms with Gasteiger partial charge in [-0.3, -0.25) is 4.98 Å². The number of rotatable bonds is 4. The number of nitrogens with one attached hydrogen (secondary N) is 1. The predicted octanol–water partition coefficient (Wildman–Crippen LogP) is 1.70. The van der Waals surface area contributed by atoms with E-state index in [0.29, 0.717) is 11.6 Å². The Kier molecular flexibility index (Phi) is 3.79. The van der Waals surface area contributed by atoms with Gasteiger partial charge >= 0.3 is 0 Å². The van der Waals surface area contributed by atoms with Crippen molar-refractivity contribution in [1.29, 1.82) is 0 Å². The van der Waals surface area contributed by atoms with E-state index < -0.39 is 0 Å². The van der Waals surface area contributed by atoms with Crippen LogP contribution < -0.4 is 5.32 Å². The maximum Gasteiger partial charge on any atom is 0.0270 e. The molecule has 1 saturated heterocycles. The van der Waals surface area contributed by atoms with E-state index in [4.69, 9.17) is 0 Å². The molecule has 1 aromatic heterocycles. The van der Waals surface area contributed by atoms with Crippen LogP contribution in [0.25, 0.3) is 0 Å². The van der Waals surface area contributed by atoms with Crippen LogP contribution in [0.5, 0.6) is 0 Å². The second kappa shape index (κ2) is 5.15. The van der Waals surface area contributed by atoms with Crippen molar-refractivity contribution in [2.24, 2.45) is 0 Å². The molecule has 0 amide bonds. The molecule has 17 heavy (non-hydrogen) atoms. The molecule has 1 aliphatic rings. The van der Waals surface area contributed by atoms with Gasteiger partial charge in [0.1, 0.15) is 0 Å². The number of nitrogens with zero attached hydrogens (tertiary/aromatic N) is 2. The van der Waals surface area contributed by atoms with Gasteiger partial charge in [0.25, 0.3) is 0 Å². The number of aromatic nitrogens is 1. The van der Waals surface area contributed by atoms with Gasteiger partial charge in [-0.15, -0.1) is 0 Å². The molecule has 1 fully saturated rings. The van der Waals surface area contributed by atoms with Gasteiger partial charge in [-0.05, 0) is 51.4 Å². The minimum absolute atomic E-state index is 0.301. The lowest BCUT2D eigenvalue weighted by Gasteiger charge is -2.24. The van der Waals surface area contributed by atoms with Crippen molar-refractivity contribution in [2.75, 3.05) is 20.1 Å². The molecule has 3 heteroatoms. The highest BCUT2D eigenvalue weighted by Crippen LogP contribution is 2.21. The number of pyridine rings is 1. The number of hydrogen-bond donors (Lipinski definition) is 1. The first-order valence-electron chi connectivity index (χ1n) is 6.41. The van der Waals surface area contributed by atoms with Crippen LogP contribution in [0.1, 0.15) is 25.8 Å². The zero-order chi connectivity index (χ0) is 12.3. The van der Waals surface area contributed by atoms with Crippen molar-refractivity contribution >= 4 is 0 Å². The van der Waals surface area contributed by atoms with Crippen LogP contribution in [0.4, 0.5) is 0 Å². The van der Waals surface area contributed by atoms with E-state index in [9.17, 15) is 0 Å². The third-order valence-electron chi connectivity index (χ3n) is 3.69. The maximum atomic E-state index is 4.05. The third-order valence-corrected chi connectivity index (χ3v) is 3.69. The Morgan fingerprint density at radius 2 is 2.12 bits per heavy atom. The second-order valence-electron chi connectivity index (χ2n) is 5.71. The fourth-order valence-corrected chi connectivity index (χ4v) is 2.48. The van der Waals surface area contributed by atoms with E-state index in [1.54, 1.807) is 0 Å². The van der Waals surface area contributed by atoms with Gasteiger partial charge in [-0.1, -0.05) is 0 Å². The molecular weight excluding hydrogens is 210 g/mol. The molecule has 0 saturated carbocycles. The lowest BCUT2D eigenvalue weighted by atomic mass is 10.0. The summed E-state index contributed by atoms with van der Waals surface area (Å²) in [6.07, 6.45) is 6.08. The van der Waals surface area contributed by atoms with E-state index in [2.05, 4.69) is 48.2 Å². The van der Waals surface area contributed by atoms with E-state index in [1.807, 2.05) is 12.4 Å². The molecule has 0 bridgehead atoms. The second-order valence-corrected chi connectivity index (χ2v) is 5.71. The van der Waals surface area contributed by atoms with E-state index in [1.165, 1.54) is 12.0 Å². The van der Waals surface area contributed by atoms with Crippen LogP contribution in [0.2, 0.25) is 0 Å². The first-order valence-corrected chi connectivity index (χ1v) is 6.41. The molecule has 1 aromatic rings. The van der Waals surface area contributed by atoms with Crippen molar-refractivity contribution in [2.45, 2.75) is 38.3 Å². The van der Waals surface area contributed by atoms with Crippen LogP contribution >= 0.6 is 0 Å². The van der Waals surface area contributed by atoms with Gasteiger partial charge < -0.3 is 10.2 Å². The van der Waals surface area contributed by atoms with Gasteiger partial charge in [0.15, 0.2) is 0 Å². The van der Waals surface area contributed by atoms with Crippen molar-refractivity contribution in [3.8, 4) is 0 Å². The highest BCUT2D eigenvalue weighted by atomic mass is 15.2. The monoisotopic (exact) mass is 233 g/mol. The van der Waals surface area contributed by atoms with Crippen molar-refractivity contribution in [3.63, 3.8) is 0 Å². The lowest BCUT2D eigenvalue weighted by molar-refractivity contribution is 0.251. The molecule has 3 nitrogen and oxygen atoms in total. The molecule has 1 aliphatic heterocycles. The average molecular weight is 233 g/mol. The summed E-state index contributed by atoms with van der Waals surface area (Å²) >= 11 is 0. The number of hydrogen-bond acceptors (Lipinski definition) is 3. The molecule has 0 radical (unpaired) electrons. The van der Waals surface area contributed by atoms with Gasteiger partial charge in [0.05, 0.1) is 0 Å². The summed E-state index contributed by atoms with van der Waals surface area (Å²) in [5, 5.41) is 3.57. The molecule has 1 unspecified atom stereocenters. The fraction of sp³-hybridized carbons (Fsp3) is 0.643. The largest absolute Gasteiger partial charge is 0.310 e.